The summed E-state index contributed by atoms with van der Waals surface area (Å²) >= 11 is 0. The van der Waals surface area contributed by atoms with Gasteiger partial charge in [0.2, 0.25) is 0 Å². The molecule has 0 aliphatic heterocycles. The normalized spacial score (nSPS) is 11.2. The topological polar surface area (TPSA) is 77.0 Å². The molecular weight excluding hydrogens is 431 g/mol. The number of hydrogen-bond acceptors (Lipinski definition) is 6. The van der Waals surface area contributed by atoms with Crippen LogP contribution in [0.4, 0.5) is 0 Å². The standard InChI is InChI=1S/C26H28O6.Na/c1-2-29-25(26(27)28)19-20-9-11-21(12-10-20)30-17-6-18-31-22-13-15-24(16-14-22)32-23-7-4-3-5-8-23;/h3-5,7-16,25H,2,6,17-19H2,1H3,(H,27,28);/q;+1/p-1/t25-;/m0./s1. The van der Waals surface area contributed by atoms with E-state index in [2.05, 4.69) is 0 Å². The third-order valence-electron chi connectivity index (χ3n) is 4.60. The van der Waals surface area contributed by atoms with Crippen LogP contribution in [0.1, 0.15) is 18.9 Å². The van der Waals surface area contributed by atoms with Gasteiger partial charge < -0.3 is 28.8 Å². The molecule has 6 nitrogen and oxygen atoms in total. The minimum absolute atomic E-state index is 0. The fourth-order valence-electron chi connectivity index (χ4n) is 3.01. The van der Waals surface area contributed by atoms with Gasteiger partial charge >= 0.3 is 29.6 Å². The number of ether oxygens (including phenoxy) is 4. The maximum atomic E-state index is 11.1. The number of carboxylic acids is 1. The Bertz CT molecular complexity index is 945. The molecule has 0 bridgehead atoms. The zero-order valence-corrected chi connectivity index (χ0v) is 21.1. The molecule has 0 saturated carbocycles. The first-order valence-electron chi connectivity index (χ1n) is 10.6. The summed E-state index contributed by atoms with van der Waals surface area (Å²) in [6.45, 7) is 3.12. The van der Waals surface area contributed by atoms with Crippen molar-refractivity contribution >= 4 is 5.97 Å². The molecule has 1 atom stereocenters. The van der Waals surface area contributed by atoms with Gasteiger partial charge in [-0.3, -0.25) is 0 Å². The summed E-state index contributed by atoms with van der Waals surface area (Å²) in [6, 6.07) is 24.4. The molecule has 3 aromatic carbocycles. The molecule has 0 unspecified atom stereocenters. The monoisotopic (exact) mass is 458 g/mol. The summed E-state index contributed by atoms with van der Waals surface area (Å²) in [7, 11) is 0. The van der Waals surface area contributed by atoms with Crippen LogP contribution < -0.4 is 48.9 Å². The van der Waals surface area contributed by atoms with E-state index in [1.807, 2.05) is 78.9 Å². The number of rotatable bonds is 13. The van der Waals surface area contributed by atoms with Crippen LogP contribution >= 0.6 is 0 Å². The zero-order chi connectivity index (χ0) is 22.6. The SMILES string of the molecule is CCO[C@@H](Cc1ccc(OCCCOc2ccc(Oc3ccccc3)cc2)cc1)C(=O)[O-].[Na+]. The van der Waals surface area contributed by atoms with Crippen LogP contribution in [0.15, 0.2) is 78.9 Å². The van der Waals surface area contributed by atoms with Gasteiger partial charge in [-0.1, -0.05) is 30.3 Å². The quantitative estimate of drug-likeness (QED) is 0.281. The molecule has 0 saturated heterocycles. The van der Waals surface area contributed by atoms with E-state index in [0.717, 1.165) is 35.0 Å². The number of benzene rings is 3. The van der Waals surface area contributed by atoms with Crippen LogP contribution in [0.2, 0.25) is 0 Å². The van der Waals surface area contributed by atoms with E-state index in [-0.39, 0.29) is 36.0 Å². The van der Waals surface area contributed by atoms with Gasteiger partial charge in [0, 0.05) is 19.4 Å². The minimum atomic E-state index is -1.20. The predicted molar refractivity (Wildman–Crippen MR) is 119 cm³/mol. The van der Waals surface area contributed by atoms with E-state index in [4.69, 9.17) is 18.9 Å². The molecule has 7 heteroatoms. The fourth-order valence-corrected chi connectivity index (χ4v) is 3.01. The number of carbonyl (C=O) groups excluding carboxylic acids is 1. The maximum Gasteiger partial charge on any atom is 1.00 e. The number of aliphatic carboxylic acids is 1. The van der Waals surface area contributed by atoms with E-state index in [1.165, 1.54) is 0 Å². The molecule has 0 radical (unpaired) electrons. The first kappa shape index (κ1) is 26.7. The van der Waals surface area contributed by atoms with Gasteiger partial charge in [0.1, 0.15) is 29.1 Å². The van der Waals surface area contributed by atoms with Crippen molar-refractivity contribution in [1.82, 2.24) is 0 Å². The summed E-state index contributed by atoms with van der Waals surface area (Å²) in [6.07, 6.45) is 0.0449. The van der Waals surface area contributed by atoms with Crippen LogP contribution in [0, 0.1) is 0 Å². The van der Waals surface area contributed by atoms with Crippen LogP contribution in [0.25, 0.3) is 0 Å². The van der Waals surface area contributed by atoms with Gasteiger partial charge in [0.25, 0.3) is 0 Å². The summed E-state index contributed by atoms with van der Waals surface area (Å²) in [5.74, 6) is 1.83. The second-order valence-corrected chi connectivity index (χ2v) is 7.05. The minimum Gasteiger partial charge on any atom is -0.547 e. The van der Waals surface area contributed by atoms with Gasteiger partial charge in [-0.05, 0) is 61.0 Å². The molecule has 0 N–H and O–H groups in total. The Balaban J connectivity index is 0.00000385. The van der Waals surface area contributed by atoms with E-state index in [1.54, 1.807) is 6.92 Å². The molecule has 33 heavy (non-hydrogen) atoms. The summed E-state index contributed by atoms with van der Waals surface area (Å²) in [5.41, 5.74) is 0.850. The Morgan fingerprint density at radius 1 is 0.788 bits per heavy atom. The van der Waals surface area contributed by atoms with E-state index in [0.29, 0.717) is 19.8 Å². The largest absolute Gasteiger partial charge is 1.00 e. The first-order chi connectivity index (χ1) is 15.6. The van der Waals surface area contributed by atoms with E-state index in [9.17, 15) is 9.90 Å². The van der Waals surface area contributed by atoms with Gasteiger partial charge in [-0.15, -0.1) is 0 Å². The van der Waals surface area contributed by atoms with Gasteiger partial charge in [0.05, 0.1) is 19.2 Å². The number of hydrogen-bond donors (Lipinski definition) is 0. The van der Waals surface area contributed by atoms with E-state index < -0.39 is 12.1 Å². The maximum absolute atomic E-state index is 11.1. The molecule has 0 amide bonds. The second-order valence-electron chi connectivity index (χ2n) is 7.05. The van der Waals surface area contributed by atoms with Gasteiger partial charge in [-0.25, -0.2) is 0 Å². The van der Waals surface area contributed by atoms with Crippen molar-refractivity contribution in [3.05, 3.63) is 84.4 Å². The molecule has 3 rings (SSSR count). The molecule has 0 fully saturated rings. The summed E-state index contributed by atoms with van der Waals surface area (Å²) in [4.78, 5) is 11.1. The molecule has 168 valence electrons. The zero-order valence-electron chi connectivity index (χ0n) is 19.1. The van der Waals surface area contributed by atoms with E-state index >= 15 is 0 Å². The Kier molecular flexibility index (Phi) is 11.8. The summed E-state index contributed by atoms with van der Waals surface area (Å²) < 4.78 is 22.4. The Hall–Kier alpha value is -2.51. The fraction of sp³-hybridized carbons (Fsp3) is 0.269. The Morgan fingerprint density at radius 2 is 1.30 bits per heavy atom. The third kappa shape index (κ3) is 9.48. The first-order valence-corrected chi connectivity index (χ1v) is 10.6. The summed E-state index contributed by atoms with van der Waals surface area (Å²) in [5, 5.41) is 11.1. The van der Waals surface area contributed by atoms with Crippen molar-refractivity contribution in [2.45, 2.75) is 25.9 Å². The molecule has 0 aliphatic carbocycles. The smallest absolute Gasteiger partial charge is 0.547 e. The molecular formula is C26H27NaO6. The number of carbonyl (C=O) groups is 1. The number of para-hydroxylation sites is 1. The van der Waals surface area contributed by atoms with Crippen molar-refractivity contribution in [3.63, 3.8) is 0 Å². The number of carboxylic acid groups (broad SMARTS) is 1. The van der Waals surface area contributed by atoms with Crippen LogP contribution in [-0.2, 0) is 16.0 Å². The molecule has 0 heterocycles. The predicted octanol–water partition coefficient (Wildman–Crippen LogP) is 1.03. The van der Waals surface area contributed by atoms with Crippen molar-refractivity contribution in [2.75, 3.05) is 19.8 Å². The van der Waals surface area contributed by atoms with Crippen molar-refractivity contribution in [1.29, 1.82) is 0 Å². The molecule has 0 aliphatic rings. The average molecular weight is 458 g/mol. The Labute approximate surface area is 216 Å². The second kappa shape index (κ2) is 14.6. The van der Waals surface area contributed by atoms with Crippen molar-refractivity contribution < 1.29 is 58.4 Å². The van der Waals surface area contributed by atoms with Crippen LogP contribution in [0.3, 0.4) is 0 Å². The van der Waals surface area contributed by atoms with Crippen molar-refractivity contribution in [2.24, 2.45) is 0 Å². The molecule has 0 spiro atoms. The molecule has 0 aromatic heterocycles. The average Bonchev–Trinajstić information content (AvgIpc) is 2.81. The molecule has 3 aromatic rings. The van der Waals surface area contributed by atoms with Crippen LogP contribution in [0.5, 0.6) is 23.0 Å². The van der Waals surface area contributed by atoms with Gasteiger partial charge in [0.15, 0.2) is 0 Å². The third-order valence-corrected chi connectivity index (χ3v) is 4.60. The van der Waals surface area contributed by atoms with Crippen LogP contribution in [-0.4, -0.2) is 31.9 Å². The Morgan fingerprint density at radius 3 is 1.85 bits per heavy atom. The van der Waals surface area contributed by atoms with Crippen molar-refractivity contribution in [3.8, 4) is 23.0 Å². The van der Waals surface area contributed by atoms with Gasteiger partial charge in [-0.2, -0.15) is 0 Å².